The zero-order chi connectivity index (χ0) is 18.4. The summed E-state index contributed by atoms with van der Waals surface area (Å²) in [4.78, 5) is 11.6. The third kappa shape index (κ3) is 4.75. The molecule has 2 fully saturated rings. The smallest absolute Gasteiger partial charge is 0.309 e. The van der Waals surface area contributed by atoms with Gasteiger partial charge in [-0.15, -0.1) is 6.58 Å². The lowest BCUT2D eigenvalue weighted by atomic mass is 9.69. The Balaban J connectivity index is 1.43. The van der Waals surface area contributed by atoms with Crippen LogP contribution in [0.1, 0.15) is 74.8 Å². The standard InChI is InChI=1S/C23H29NO2/c1-2-3-23(25)26-22-14-12-21(13-15-22)20-10-8-19(9-11-20)18-6-4-17(16-24)5-7-18/h2,4-7,19-22H,1,3,8-15H2. The van der Waals surface area contributed by atoms with Crippen molar-refractivity contribution in [2.24, 2.45) is 11.8 Å². The highest BCUT2D eigenvalue weighted by Gasteiger charge is 2.32. The van der Waals surface area contributed by atoms with Gasteiger partial charge < -0.3 is 4.74 Å². The number of esters is 1. The van der Waals surface area contributed by atoms with Crippen LogP contribution in [0.2, 0.25) is 0 Å². The zero-order valence-corrected chi connectivity index (χ0v) is 15.5. The van der Waals surface area contributed by atoms with E-state index in [0.717, 1.165) is 30.2 Å². The summed E-state index contributed by atoms with van der Waals surface area (Å²) in [5.74, 6) is 2.14. The van der Waals surface area contributed by atoms with E-state index in [2.05, 4.69) is 24.8 Å². The van der Waals surface area contributed by atoms with Gasteiger partial charge in [0.1, 0.15) is 6.10 Å². The summed E-state index contributed by atoms with van der Waals surface area (Å²) in [6.45, 7) is 3.59. The lowest BCUT2D eigenvalue weighted by molar-refractivity contribution is -0.150. The number of rotatable bonds is 5. The van der Waals surface area contributed by atoms with E-state index < -0.39 is 0 Å². The van der Waals surface area contributed by atoms with Gasteiger partial charge in [0.15, 0.2) is 0 Å². The molecule has 0 aromatic heterocycles. The molecule has 0 saturated heterocycles. The van der Waals surface area contributed by atoms with Crippen LogP contribution in [0.5, 0.6) is 0 Å². The maximum atomic E-state index is 11.6. The summed E-state index contributed by atoms with van der Waals surface area (Å²) < 4.78 is 5.53. The van der Waals surface area contributed by atoms with E-state index >= 15 is 0 Å². The molecule has 1 aromatic carbocycles. The molecule has 138 valence electrons. The third-order valence-electron chi connectivity index (χ3n) is 6.28. The predicted molar refractivity (Wildman–Crippen MR) is 103 cm³/mol. The SMILES string of the molecule is C=CCC(=O)OC1CCC(C2CCC(c3ccc(C#N)cc3)CC2)CC1. The molecule has 2 aliphatic rings. The highest BCUT2D eigenvalue weighted by Crippen LogP contribution is 2.43. The average Bonchev–Trinajstić information content (AvgIpc) is 2.69. The van der Waals surface area contributed by atoms with Crippen LogP contribution in [0.3, 0.4) is 0 Å². The maximum absolute atomic E-state index is 11.6. The van der Waals surface area contributed by atoms with Gasteiger partial charge in [-0.1, -0.05) is 18.2 Å². The van der Waals surface area contributed by atoms with E-state index in [-0.39, 0.29) is 12.1 Å². The molecule has 0 amide bonds. The lowest BCUT2D eigenvalue weighted by Crippen LogP contribution is -2.29. The molecule has 3 nitrogen and oxygen atoms in total. The van der Waals surface area contributed by atoms with E-state index in [1.807, 2.05) is 12.1 Å². The van der Waals surface area contributed by atoms with Gasteiger partial charge in [-0.3, -0.25) is 4.79 Å². The molecule has 0 bridgehead atoms. The van der Waals surface area contributed by atoms with Crippen LogP contribution in [-0.4, -0.2) is 12.1 Å². The third-order valence-corrected chi connectivity index (χ3v) is 6.28. The fourth-order valence-corrected chi connectivity index (χ4v) is 4.78. The van der Waals surface area contributed by atoms with Crippen molar-refractivity contribution < 1.29 is 9.53 Å². The van der Waals surface area contributed by atoms with Crippen LogP contribution in [0, 0.1) is 23.2 Å². The van der Waals surface area contributed by atoms with Gasteiger partial charge in [-0.05, 0) is 86.8 Å². The largest absolute Gasteiger partial charge is 0.462 e. The number of carbonyl (C=O) groups is 1. The number of ether oxygens (including phenoxy) is 1. The van der Waals surface area contributed by atoms with E-state index in [4.69, 9.17) is 10.00 Å². The van der Waals surface area contributed by atoms with Crippen LogP contribution in [0.25, 0.3) is 0 Å². The topological polar surface area (TPSA) is 50.1 Å². The van der Waals surface area contributed by atoms with Crippen molar-refractivity contribution in [2.45, 2.75) is 69.8 Å². The van der Waals surface area contributed by atoms with Crippen LogP contribution < -0.4 is 0 Å². The maximum Gasteiger partial charge on any atom is 0.309 e. The van der Waals surface area contributed by atoms with Gasteiger partial charge >= 0.3 is 5.97 Å². The second kappa shape index (κ2) is 9.03. The molecule has 0 radical (unpaired) electrons. The van der Waals surface area contributed by atoms with Gasteiger partial charge in [-0.2, -0.15) is 5.26 Å². The first-order valence-electron chi connectivity index (χ1n) is 10.00. The molecular formula is C23H29NO2. The summed E-state index contributed by atoms with van der Waals surface area (Å²) in [6.07, 6.45) is 11.6. The minimum Gasteiger partial charge on any atom is -0.462 e. The van der Waals surface area contributed by atoms with Crippen molar-refractivity contribution in [2.75, 3.05) is 0 Å². The number of carbonyl (C=O) groups excluding carboxylic acids is 1. The number of hydrogen-bond acceptors (Lipinski definition) is 3. The molecule has 2 aliphatic carbocycles. The Morgan fingerprint density at radius 1 is 1.04 bits per heavy atom. The Labute approximate surface area is 157 Å². The van der Waals surface area contributed by atoms with Crippen molar-refractivity contribution in [3.05, 3.63) is 48.0 Å². The first-order chi connectivity index (χ1) is 12.7. The number of nitrogens with zero attached hydrogens (tertiary/aromatic N) is 1. The normalized spacial score (nSPS) is 28.7. The molecule has 0 heterocycles. The van der Waals surface area contributed by atoms with Gasteiger partial charge in [0.25, 0.3) is 0 Å². The lowest BCUT2D eigenvalue weighted by Gasteiger charge is -2.37. The second-order valence-corrected chi connectivity index (χ2v) is 7.86. The molecule has 0 atom stereocenters. The first kappa shape index (κ1) is 18.7. The number of benzene rings is 1. The Hall–Kier alpha value is -2.08. The molecule has 0 unspecified atom stereocenters. The monoisotopic (exact) mass is 351 g/mol. The van der Waals surface area contributed by atoms with Gasteiger partial charge in [0.2, 0.25) is 0 Å². The highest BCUT2D eigenvalue weighted by atomic mass is 16.5. The minimum absolute atomic E-state index is 0.119. The fourth-order valence-electron chi connectivity index (χ4n) is 4.78. The zero-order valence-electron chi connectivity index (χ0n) is 15.5. The van der Waals surface area contributed by atoms with Gasteiger partial charge in [0.05, 0.1) is 18.1 Å². The van der Waals surface area contributed by atoms with Crippen LogP contribution in [0.15, 0.2) is 36.9 Å². The highest BCUT2D eigenvalue weighted by molar-refractivity contribution is 5.71. The molecule has 0 spiro atoms. The van der Waals surface area contributed by atoms with Crippen molar-refractivity contribution in [1.82, 2.24) is 0 Å². The van der Waals surface area contributed by atoms with Crippen molar-refractivity contribution in [3.63, 3.8) is 0 Å². The van der Waals surface area contributed by atoms with Crippen LogP contribution >= 0.6 is 0 Å². The number of hydrogen-bond donors (Lipinski definition) is 0. The summed E-state index contributed by atoms with van der Waals surface area (Å²) in [5.41, 5.74) is 2.13. The quantitative estimate of drug-likeness (QED) is 0.519. The van der Waals surface area contributed by atoms with Crippen LogP contribution in [-0.2, 0) is 9.53 Å². The van der Waals surface area contributed by atoms with Crippen LogP contribution in [0.4, 0.5) is 0 Å². The van der Waals surface area contributed by atoms with Crippen molar-refractivity contribution >= 4 is 5.97 Å². The Morgan fingerprint density at radius 2 is 1.62 bits per heavy atom. The van der Waals surface area contributed by atoms with E-state index in [0.29, 0.717) is 12.3 Å². The molecular weight excluding hydrogens is 322 g/mol. The Morgan fingerprint density at radius 3 is 2.15 bits per heavy atom. The molecule has 1 aromatic rings. The molecule has 2 saturated carbocycles. The van der Waals surface area contributed by atoms with E-state index in [1.165, 1.54) is 44.1 Å². The molecule has 0 aliphatic heterocycles. The second-order valence-electron chi connectivity index (χ2n) is 7.86. The Kier molecular flexibility index (Phi) is 6.50. The Bertz CT molecular complexity index is 642. The van der Waals surface area contributed by atoms with Gasteiger partial charge in [-0.25, -0.2) is 0 Å². The van der Waals surface area contributed by atoms with E-state index in [9.17, 15) is 4.79 Å². The summed E-state index contributed by atoms with van der Waals surface area (Å²) >= 11 is 0. The summed E-state index contributed by atoms with van der Waals surface area (Å²) in [6, 6.07) is 10.3. The van der Waals surface area contributed by atoms with Gasteiger partial charge in [0, 0.05) is 0 Å². The first-order valence-corrected chi connectivity index (χ1v) is 10.00. The molecule has 26 heavy (non-hydrogen) atoms. The summed E-state index contributed by atoms with van der Waals surface area (Å²) in [5, 5.41) is 8.93. The molecule has 3 rings (SSSR count). The fraction of sp³-hybridized carbons (Fsp3) is 0.565. The predicted octanol–water partition coefficient (Wildman–Crippen LogP) is 5.51. The van der Waals surface area contributed by atoms with Crippen molar-refractivity contribution in [1.29, 1.82) is 5.26 Å². The minimum atomic E-state index is -0.133. The van der Waals surface area contributed by atoms with Crippen molar-refractivity contribution in [3.8, 4) is 6.07 Å². The molecule has 3 heteroatoms. The molecule has 0 N–H and O–H groups in total. The average molecular weight is 351 g/mol. The van der Waals surface area contributed by atoms with E-state index in [1.54, 1.807) is 6.08 Å². The number of nitriles is 1. The summed E-state index contributed by atoms with van der Waals surface area (Å²) in [7, 11) is 0.